The van der Waals surface area contributed by atoms with Gasteiger partial charge in [0, 0.05) is 6.54 Å². The fraction of sp³-hybridized carbons (Fsp3) is 0.867. The van der Waals surface area contributed by atoms with Crippen LogP contribution in [-0.2, 0) is 9.47 Å². The van der Waals surface area contributed by atoms with Gasteiger partial charge in [-0.2, -0.15) is 0 Å². The molecule has 0 saturated heterocycles. The van der Waals surface area contributed by atoms with Crippen molar-refractivity contribution in [3.05, 3.63) is 11.6 Å². The topological polar surface area (TPSA) is 50.7 Å². The van der Waals surface area contributed by atoms with Gasteiger partial charge in [-0.3, -0.25) is 0 Å². The van der Waals surface area contributed by atoms with Gasteiger partial charge in [-0.05, 0) is 46.1 Å². The van der Waals surface area contributed by atoms with Gasteiger partial charge in [-0.25, -0.2) is 0 Å². The number of rotatable bonds is 11. The van der Waals surface area contributed by atoms with Crippen LogP contribution in [0, 0.1) is 0 Å². The van der Waals surface area contributed by atoms with E-state index in [-0.39, 0.29) is 6.10 Å². The molecular formula is C15H29NO3. The molecule has 112 valence electrons. The Labute approximate surface area is 117 Å². The Hall–Kier alpha value is -0.420. The SMILES string of the molecule is CC(C)OCCOCC(O)CNCCC1=CCCC1. The highest BCUT2D eigenvalue weighted by atomic mass is 16.5. The maximum absolute atomic E-state index is 9.71. The van der Waals surface area contributed by atoms with E-state index in [0.29, 0.717) is 26.4 Å². The van der Waals surface area contributed by atoms with Crippen molar-refractivity contribution in [2.75, 3.05) is 32.9 Å². The highest BCUT2D eigenvalue weighted by Gasteiger charge is 2.06. The van der Waals surface area contributed by atoms with Gasteiger partial charge in [0.25, 0.3) is 0 Å². The lowest BCUT2D eigenvalue weighted by molar-refractivity contribution is -0.00989. The molecule has 0 bridgehead atoms. The van der Waals surface area contributed by atoms with E-state index < -0.39 is 6.10 Å². The van der Waals surface area contributed by atoms with E-state index in [0.717, 1.165) is 13.0 Å². The molecule has 19 heavy (non-hydrogen) atoms. The van der Waals surface area contributed by atoms with E-state index in [1.165, 1.54) is 19.3 Å². The average Bonchev–Trinajstić information content (AvgIpc) is 2.87. The molecule has 1 aliphatic carbocycles. The summed E-state index contributed by atoms with van der Waals surface area (Å²) in [7, 11) is 0. The molecule has 1 rings (SSSR count). The quantitative estimate of drug-likeness (QED) is 0.445. The van der Waals surface area contributed by atoms with Crippen LogP contribution in [0.4, 0.5) is 0 Å². The van der Waals surface area contributed by atoms with Gasteiger partial charge in [0.05, 0.1) is 32.0 Å². The minimum atomic E-state index is -0.434. The molecule has 0 heterocycles. The van der Waals surface area contributed by atoms with E-state index >= 15 is 0 Å². The van der Waals surface area contributed by atoms with Crippen LogP contribution in [0.2, 0.25) is 0 Å². The molecule has 2 N–H and O–H groups in total. The fourth-order valence-electron chi connectivity index (χ4n) is 2.10. The van der Waals surface area contributed by atoms with Crippen LogP contribution < -0.4 is 5.32 Å². The summed E-state index contributed by atoms with van der Waals surface area (Å²) in [6.07, 6.45) is 7.06. The van der Waals surface area contributed by atoms with E-state index in [9.17, 15) is 5.11 Å². The lowest BCUT2D eigenvalue weighted by Crippen LogP contribution is -2.31. The molecule has 1 unspecified atom stereocenters. The first-order valence-corrected chi connectivity index (χ1v) is 7.44. The van der Waals surface area contributed by atoms with Crippen molar-refractivity contribution in [1.29, 1.82) is 0 Å². The third-order valence-electron chi connectivity index (χ3n) is 3.13. The predicted octanol–water partition coefficient (Wildman–Crippen LogP) is 1.88. The molecule has 1 atom stereocenters. The van der Waals surface area contributed by atoms with Gasteiger partial charge in [-0.1, -0.05) is 11.6 Å². The zero-order chi connectivity index (χ0) is 13.9. The maximum Gasteiger partial charge on any atom is 0.0897 e. The molecule has 0 amide bonds. The third kappa shape index (κ3) is 9.16. The molecule has 0 fully saturated rings. The normalized spacial score (nSPS) is 16.9. The van der Waals surface area contributed by atoms with Gasteiger partial charge in [0.2, 0.25) is 0 Å². The molecule has 0 aromatic carbocycles. The van der Waals surface area contributed by atoms with Crippen molar-refractivity contribution in [2.24, 2.45) is 0 Å². The zero-order valence-electron chi connectivity index (χ0n) is 12.4. The van der Waals surface area contributed by atoms with Crippen LogP contribution in [0.15, 0.2) is 11.6 Å². The van der Waals surface area contributed by atoms with Crippen molar-refractivity contribution in [3.63, 3.8) is 0 Å². The Morgan fingerprint density at radius 1 is 1.37 bits per heavy atom. The van der Waals surface area contributed by atoms with Crippen LogP contribution in [0.5, 0.6) is 0 Å². The number of nitrogens with one attached hydrogen (secondary N) is 1. The number of allylic oxidation sites excluding steroid dienone is 1. The van der Waals surface area contributed by atoms with Gasteiger partial charge < -0.3 is 19.9 Å². The van der Waals surface area contributed by atoms with Crippen LogP contribution in [-0.4, -0.2) is 50.2 Å². The van der Waals surface area contributed by atoms with Gasteiger partial charge >= 0.3 is 0 Å². The number of aliphatic hydroxyl groups is 1. The molecular weight excluding hydrogens is 242 g/mol. The standard InChI is InChI=1S/C15H29NO3/c1-13(2)19-10-9-18-12-15(17)11-16-8-7-14-5-3-4-6-14/h5,13,15-17H,3-4,6-12H2,1-2H3. The smallest absolute Gasteiger partial charge is 0.0897 e. The molecule has 0 radical (unpaired) electrons. The summed E-state index contributed by atoms with van der Waals surface area (Å²) >= 11 is 0. The van der Waals surface area contributed by atoms with E-state index in [2.05, 4.69) is 11.4 Å². The van der Waals surface area contributed by atoms with Gasteiger partial charge in [-0.15, -0.1) is 0 Å². The van der Waals surface area contributed by atoms with Crippen molar-refractivity contribution in [1.82, 2.24) is 5.32 Å². The number of aliphatic hydroxyl groups excluding tert-OH is 1. The second-order valence-corrected chi connectivity index (χ2v) is 5.36. The maximum atomic E-state index is 9.71. The second kappa shape index (κ2) is 10.4. The summed E-state index contributed by atoms with van der Waals surface area (Å²) in [6.45, 7) is 7.04. The molecule has 0 aromatic rings. The van der Waals surface area contributed by atoms with Crippen molar-refractivity contribution in [2.45, 2.75) is 51.7 Å². The minimum Gasteiger partial charge on any atom is -0.389 e. The van der Waals surface area contributed by atoms with Crippen molar-refractivity contribution < 1.29 is 14.6 Å². The van der Waals surface area contributed by atoms with Crippen molar-refractivity contribution >= 4 is 0 Å². The Morgan fingerprint density at radius 2 is 2.21 bits per heavy atom. The van der Waals surface area contributed by atoms with Crippen LogP contribution in [0.1, 0.15) is 39.5 Å². The van der Waals surface area contributed by atoms with Gasteiger partial charge in [0.15, 0.2) is 0 Å². The monoisotopic (exact) mass is 271 g/mol. The van der Waals surface area contributed by atoms with Crippen LogP contribution >= 0.6 is 0 Å². The Bertz CT molecular complexity index is 254. The summed E-state index contributed by atoms with van der Waals surface area (Å²) in [6, 6.07) is 0. The van der Waals surface area contributed by atoms with Crippen LogP contribution in [0.25, 0.3) is 0 Å². The first kappa shape index (κ1) is 16.6. The van der Waals surface area contributed by atoms with Crippen molar-refractivity contribution in [3.8, 4) is 0 Å². The second-order valence-electron chi connectivity index (χ2n) is 5.36. The summed E-state index contributed by atoms with van der Waals surface area (Å²) in [5.74, 6) is 0. The molecule has 0 aliphatic heterocycles. The summed E-state index contributed by atoms with van der Waals surface area (Å²) in [4.78, 5) is 0. The molecule has 1 aliphatic rings. The van der Waals surface area contributed by atoms with E-state index in [4.69, 9.17) is 9.47 Å². The molecule has 0 spiro atoms. The third-order valence-corrected chi connectivity index (χ3v) is 3.13. The first-order valence-electron chi connectivity index (χ1n) is 7.44. The average molecular weight is 271 g/mol. The Balaban J connectivity index is 1.86. The molecule has 0 saturated carbocycles. The molecule has 4 heteroatoms. The first-order chi connectivity index (χ1) is 9.18. The number of ether oxygens (including phenoxy) is 2. The zero-order valence-corrected chi connectivity index (χ0v) is 12.4. The largest absolute Gasteiger partial charge is 0.389 e. The summed E-state index contributed by atoms with van der Waals surface area (Å²) < 4.78 is 10.7. The van der Waals surface area contributed by atoms with E-state index in [1.54, 1.807) is 5.57 Å². The summed E-state index contributed by atoms with van der Waals surface area (Å²) in [5.41, 5.74) is 1.56. The lowest BCUT2D eigenvalue weighted by Gasteiger charge is -2.13. The highest BCUT2D eigenvalue weighted by molar-refractivity contribution is 5.07. The van der Waals surface area contributed by atoms with E-state index in [1.807, 2.05) is 13.8 Å². The minimum absolute atomic E-state index is 0.236. The van der Waals surface area contributed by atoms with Crippen LogP contribution in [0.3, 0.4) is 0 Å². The predicted molar refractivity (Wildman–Crippen MR) is 77.3 cm³/mol. The number of hydrogen-bond acceptors (Lipinski definition) is 4. The number of hydrogen-bond donors (Lipinski definition) is 2. The lowest BCUT2D eigenvalue weighted by atomic mass is 10.2. The van der Waals surface area contributed by atoms with Gasteiger partial charge in [0.1, 0.15) is 0 Å². The molecule has 4 nitrogen and oxygen atoms in total. The highest BCUT2D eigenvalue weighted by Crippen LogP contribution is 2.19. The summed E-state index contributed by atoms with van der Waals surface area (Å²) in [5, 5.41) is 13.0. The fourth-order valence-corrected chi connectivity index (χ4v) is 2.10. The Morgan fingerprint density at radius 3 is 2.89 bits per heavy atom. The Kier molecular flexibility index (Phi) is 9.08. The molecule has 0 aromatic heterocycles.